The van der Waals surface area contributed by atoms with E-state index in [1.165, 1.54) is 6.07 Å². The fourth-order valence-corrected chi connectivity index (χ4v) is 3.43. The van der Waals surface area contributed by atoms with Crippen molar-refractivity contribution >= 4 is 33.3 Å². The largest absolute Gasteiger partial charge is 0.369 e. The number of hydrogen-bond acceptors (Lipinski definition) is 2. The Bertz CT molecular complexity index is 830. The lowest BCUT2D eigenvalue weighted by molar-refractivity contribution is 0.622. The van der Waals surface area contributed by atoms with Gasteiger partial charge in [-0.25, -0.2) is 4.39 Å². The normalized spacial score (nSPS) is 14.8. The molecule has 2 aromatic carbocycles. The number of benzene rings is 2. The highest BCUT2D eigenvalue weighted by Crippen LogP contribution is 2.29. The van der Waals surface area contributed by atoms with Crippen LogP contribution in [0.3, 0.4) is 0 Å². The molecule has 1 aliphatic rings. The van der Waals surface area contributed by atoms with Crippen molar-refractivity contribution in [3.63, 3.8) is 0 Å². The van der Waals surface area contributed by atoms with Crippen molar-refractivity contribution in [1.82, 2.24) is 0 Å². The molecule has 0 radical (unpaired) electrons. The third kappa shape index (κ3) is 3.52. The van der Waals surface area contributed by atoms with Crippen LogP contribution < -0.4 is 4.90 Å². The molecule has 0 bridgehead atoms. The topological polar surface area (TPSA) is 27.0 Å². The average Bonchev–Trinajstić information content (AvgIpc) is 3.09. The van der Waals surface area contributed by atoms with Gasteiger partial charge in [-0.2, -0.15) is 5.26 Å². The van der Waals surface area contributed by atoms with E-state index in [1.807, 2.05) is 37.3 Å². The van der Waals surface area contributed by atoms with Crippen molar-refractivity contribution in [2.45, 2.75) is 19.8 Å². The minimum absolute atomic E-state index is 0.222. The van der Waals surface area contributed by atoms with Gasteiger partial charge in [-0.3, -0.25) is 0 Å². The predicted molar refractivity (Wildman–Crippen MR) is 100 cm³/mol. The molecule has 0 aliphatic carbocycles. The summed E-state index contributed by atoms with van der Waals surface area (Å²) in [4.78, 5) is 2.09. The van der Waals surface area contributed by atoms with Crippen LogP contribution in [-0.2, 0) is 0 Å². The maximum absolute atomic E-state index is 14.5. The molecule has 1 fully saturated rings. The van der Waals surface area contributed by atoms with Crippen LogP contribution in [0.4, 0.5) is 10.1 Å². The van der Waals surface area contributed by atoms with Crippen LogP contribution in [0.25, 0.3) is 11.6 Å². The molecule has 4 heteroatoms. The fraction of sp³-hybridized carbons (Fsp3) is 0.250. The van der Waals surface area contributed by atoms with Gasteiger partial charge < -0.3 is 4.90 Å². The summed E-state index contributed by atoms with van der Waals surface area (Å²) >= 11 is 3.42. The van der Waals surface area contributed by atoms with Crippen LogP contribution in [-0.4, -0.2) is 13.1 Å². The van der Waals surface area contributed by atoms with Crippen LogP contribution in [0.5, 0.6) is 0 Å². The molecule has 2 nitrogen and oxygen atoms in total. The van der Waals surface area contributed by atoms with Crippen molar-refractivity contribution in [3.8, 4) is 6.07 Å². The summed E-state index contributed by atoms with van der Waals surface area (Å²) in [6.07, 6.45) is 3.98. The first kappa shape index (κ1) is 16.7. The molecule has 0 saturated carbocycles. The highest BCUT2D eigenvalue weighted by atomic mass is 79.9. The van der Waals surface area contributed by atoms with E-state index < -0.39 is 0 Å². The second-order valence-corrected chi connectivity index (χ2v) is 6.95. The number of hydrogen-bond donors (Lipinski definition) is 0. The van der Waals surface area contributed by atoms with E-state index in [-0.39, 0.29) is 5.82 Å². The van der Waals surface area contributed by atoms with Gasteiger partial charge in [0, 0.05) is 17.6 Å². The minimum Gasteiger partial charge on any atom is -0.369 e. The van der Waals surface area contributed by atoms with Crippen LogP contribution in [0.2, 0.25) is 0 Å². The summed E-state index contributed by atoms with van der Waals surface area (Å²) in [7, 11) is 0. The SMILES string of the molecule is Cc1cc(N2CCCC2)c(F)cc1/C=C(\C#N)c1cccc(Br)c1. The quantitative estimate of drug-likeness (QED) is 0.511. The lowest BCUT2D eigenvalue weighted by Gasteiger charge is -2.19. The number of halogens is 2. The zero-order valence-electron chi connectivity index (χ0n) is 13.5. The third-order valence-electron chi connectivity index (χ3n) is 4.34. The number of rotatable bonds is 3. The average molecular weight is 385 g/mol. The molecular formula is C20H18BrFN2. The van der Waals surface area contributed by atoms with Crippen molar-refractivity contribution in [2.75, 3.05) is 18.0 Å². The van der Waals surface area contributed by atoms with Gasteiger partial charge in [0.15, 0.2) is 0 Å². The highest BCUT2D eigenvalue weighted by Gasteiger charge is 2.17. The van der Waals surface area contributed by atoms with Crippen molar-refractivity contribution in [2.24, 2.45) is 0 Å². The standard InChI is InChI=1S/C20H18BrFN2/c1-14-9-20(24-7-2-3-8-24)19(22)12-16(14)10-17(13-23)15-5-4-6-18(21)11-15/h4-6,9-12H,2-3,7-8H2,1H3/b17-10+. The minimum atomic E-state index is -0.222. The Balaban J connectivity index is 1.99. The molecule has 1 aliphatic heterocycles. The number of nitrogens with zero attached hydrogens (tertiary/aromatic N) is 2. The zero-order chi connectivity index (χ0) is 17.1. The van der Waals surface area contributed by atoms with Crippen LogP contribution >= 0.6 is 15.9 Å². The van der Waals surface area contributed by atoms with E-state index >= 15 is 0 Å². The third-order valence-corrected chi connectivity index (χ3v) is 4.83. The summed E-state index contributed by atoms with van der Waals surface area (Å²) in [6.45, 7) is 3.78. The van der Waals surface area contributed by atoms with Gasteiger partial charge in [-0.15, -0.1) is 0 Å². The highest BCUT2D eigenvalue weighted by molar-refractivity contribution is 9.10. The van der Waals surface area contributed by atoms with Crippen molar-refractivity contribution in [1.29, 1.82) is 5.26 Å². The molecule has 2 aromatic rings. The number of anilines is 1. The molecular weight excluding hydrogens is 367 g/mol. The lowest BCUT2D eigenvalue weighted by atomic mass is 10.0. The summed E-state index contributed by atoms with van der Waals surface area (Å²) in [5.41, 5.74) is 3.72. The van der Waals surface area contributed by atoms with Gasteiger partial charge in [0.1, 0.15) is 5.82 Å². The van der Waals surface area contributed by atoms with E-state index in [0.717, 1.165) is 47.1 Å². The van der Waals surface area contributed by atoms with Gasteiger partial charge >= 0.3 is 0 Å². The van der Waals surface area contributed by atoms with E-state index in [0.29, 0.717) is 11.3 Å². The molecule has 1 heterocycles. The molecule has 0 unspecified atom stereocenters. The van der Waals surface area contributed by atoms with Crippen molar-refractivity contribution < 1.29 is 4.39 Å². The Labute approximate surface area is 150 Å². The second-order valence-electron chi connectivity index (χ2n) is 6.03. The molecule has 0 aromatic heterocycles. The van der Waals surface area contributed by atoms with Crippen LogP contribution in [0.1, 0.15) is 29.5 Å². The zero-order valence-corrected chi connectivity index (χ0v) is 15.1. The first-order valence-corrected chi connectivity index (χ1v) is 8.80. The fourth-order valence-electron chi connectivity index (χ4n) is 3.03. The molecule has 0 N–H and O–H groups in total. The van der Waals surface area contributed by atoms with Crippen molar-refractivity contribution in [3.05, 3.63) is 63.4 Å². The van der Waals surface area contributed by atoms with Crippen LogP contribution in [0.15, 0.2) is 40.9 Å². The molecule has 24 heavy (non-hydrogen) atoms. The Morgan fingerprint density at radius 3 is 2.67 bits per heavy atom. The molecule has 1 saturated heterocycles. The first-order chi connectivity index (χ1) is 11.6. The monoisotopic (exact) mass is 384 g/mol. The smallest absolute Gasteiger partial charge is 0.147 e. The Kier molecular flexibility index (Phi) is 5.01. The van der Waals surface area contributed by atoms with E-state index in [2.05, 4.69) is 26.9 Å². The van der Waals surface area contributed by atoms with Gasteiger partial charge in [0.25, 0.3) is 0 Å². The summed E-state index contributed by atoms with van der Waals surface area (Å²) in [5.74, 6) is -0.222. The summed E-state index contributed by atoms with van der Waals surface area (Å²) in [5, 5.41) is 9.48. The lowest BCUT2D eigenvalue weighted by Crippen LogP contribution is -2.19. The Morgan fingerprint density at radius 1 is 1.25 bits per heavy atom. The number of aryl methyl sites for hydroxylation is 1. The Morgan fingerprint density at radius 2 is 2.00 bits per heavy atom. The molecule has 0 atom stereocenters. The Hall–Kier alpha value is -2.12. The van der Waals surface area contributed by atoms with Gasteiger partial charge in [0.05, 0.1) is 17.3 Å². The number of nitriles is 1. The first-order valence-electron chi connectivity index (χ1n) is 8.01. The van der Waals surface area contributed by atoms with Gasteiger partial charge in [-0.1, -0.05) is 28.1 Å². The molecule has 0 amide bonds. The predicted octanol–water partition coefficient (Wildman–Crippen LogP) is 5.56. The van der Waals surface area contributed by atoms with Crippen LogP contribution in [0, 0.1) is 24.1 Å². The molecule has 3 rings (SSSR count). The van der Waals surface area contributed by atoms with Gasteiger partial charge in [0.2, 0.25) is 0 Å². The van der Waals surface area contributed by atoms with E-state index in [4.69, 9.17) is 0 Å². The van der Waals surface area contributed by atoms with Gasteiger partial charge in [-0.05, 0) is 66.8 Å². The molecule has 0 spiro atoms. The maximum Gasteiger partial charge on any atom is 0.147 e. The van der Waals surface area contributed by atoms with E-state index in [1.54, 1.807) is 6.08 Å². The van der Waals surface area contributed by atoms with E-state index in [9.17, 15) is 9.65 Å². The number of allylic oxidation sites excluding steroid dienone is 1. The molecule has 122 valence electrons. The maximum atomic E-state index is 14.5. The summed E-state index contributed by atoms with van der Waals surface area (Å²) in [6, 6.07) is 13.2. The second kappa shape index (κ2) is 7.19. The summed E-state index contributed by atoms with van der Waals surface area (Å²) < 4.78 is 15.5.